The highest BCUT2D eigenvalue weighted by molar-refractivity contribution is 6.02. The highest BCUT2D eigenvalue weighted by Gasteiger charge is 2.50. The molecule has 0 radical (unpaired) electrons. The van der Waals surface area contributed by atoms with Crippen LogP contribution in [0.3, 0.4) is 0 Å². The number of aliphatic hydroxyl groups excluding tert-OH is 1. The summed E-state index contributed by atoms with van der Waals surface area (Å²) in [6, 6.07) is 12.5. The lowest BCUT2D eigenvalue weighted by molar-refractivity contribution is -0.238. The Kier molecular flexibility index (Phi) is 9.22. The molecule has 0 spiro atoms. The fourth-order valence-electron chi connectivity index (χ4n) is 4.21. The standard InChI is InChI=1S/C26H34N2O7/c1-17(2)14-22-25(30)28(35-16-32-3)26(31)23(24(29)19-8-12-21(34-5)13-9-19)27(22)15-18-6-10-20(33-4)11-7-18/h6-13,17,22-24,29H,14-16H2,1-5H3/t22-,23-,24+/m0/s1. The van der Waals surface area contributed by atoms with Crippen molar-refractivity contribution in [2.75, 3.05) is 28.1 Å². The van der Waals surface area contributed by atoms with Crippen molar-refractivity contribution in [1.82, 2.24) is 9.96 Å². The van der Waals surface area contributed by atoms with Crippen LogP contribution in [0.1, 0.15) is 37.5 Å². The molecule has 1 aliphatic rings. The van der Waals surface area contributed by atoms with Crippen molar-refractivity contribution in [2.24, 2.45) is 5.92 Å². The van der Waals surface area contributed by atoms with E-state index in [2.05, 4.69) is 0 Å². The predicted octanol–water partition coefficient (Wildman–Crippen LogP) is 2.93. The van der Waals surface area contributed by atoms with Gasteiger partial charge in [-0.1, -0.05) is 38.1 Å². The van der Waals surface area contributed by atoms with Gasteiger partial charge in [-0.3, -0.25) is 14.5 Å². The van der Waals surface area contributed by atoms with Gasteiger partial charge in [0.1, 0.15) is 23.6 Å². The Morgan fingerprint density at radius 3 is 1.97 bits per heavy atom. The highest BCUT2D eigenvalue weighted by Crippen LogP contribution is 2.33. The summed E-state index contributed by atoms with van der Waals surface area (Å²) < 4.78 is 15.4. The first-order valence-corrected chi connectivity index (χ1v) is 11.5. The van der Waals surface area contributed by atoms with E-state index < -0.39 is 30.0 Å². The predicted molar refractivity (Wildman–Crippen MR) is 128 cm³/mol. The van der Waals surface area contributed by atoms with Gasteiger partial charge in [0.2, 0.25) is 0 Å². The minimum absolute atomic E-state index is 0.151. The van der Waals surface area contributed by atoms with Gasteiger partial charge in [0, 0.05) is 13.7 Å². The zero-order valence-corrected chi connectivity index (χ0v) is 20.8. The number of rotatable bonds is 11. The first-order chi connectivity index (χ1) is 16.8. The van der Waals surface area contributed by atoms with Gasteiger partial charge >= 0.3 is 0 Å². The maximum Gasteiger partial charge on any atom is 0.274 e. The van der Waals surface area contributed by atoms with Gasteiger partial charge < -0.3 is 19.3 Å². The molecular weight excluding hydrogens is 452 g/mol. The molecule has 2 amide bonds. The van der Waals surface area contributed by atoms with E-state index in [-0.39, 0.29) is 19.3 Å². The maximum absolute atomic E-state index is 13.6. The van der Waals surface area contributed by atoms with Gasteiger partial charge in [0.15, 0.2) is 6.79 Å². The molecule has 1 N–H and O–H groups in total. The molecule has 0 aromatic heterocycles. The zero-order valence-electron chi connectivity index (χ0n) is 20.8. The summed E-state index contributed by atoms with van der Waals surface area (Å²) in [5, 5.41) is 12.2. The van der Waals surface area contributed by atoms with Crippen LogP contribution in [0.4, 0.5) is 0 Å². The first-order valence-electron chi connectivity index (χ1n) is 11.5. The van der Waals surface area contributed by atoms with E-state index >= 15 is 0 Å². The molecular formula is C26H34N2O7. The number of benzene rings is 2. The third-order valence-corrected chi connectivity index (χ3v) is 5.97. The van der Waals surface area contributed by atoms with Crippen molar-refractivity contribution in [3.8, 4) is 11.5 Å². The van der Waals surface area contributed by atoms with E-state index in [0.29, 0.717) is 23.5 Å². The lowest BCUT2D eigenvalue weighted by Gasteiger charge is -2.45. The molecule has 3 atom stereocenters. The Labute approximate surface area is 206 Å². The van der Waals surface area contributed by atoms with Crippen LogP contribution in [0.5, 0.6) is 11.5 Å². The van der Waals surface area contributed by atoms with Crippen molar-refractivity contribution >= 4 is 11.8 Å². The van der Waals surface area contributed by atoms with Gasteiger partial charge in [-0.2, -0.15) is 0 Å². The Hall–Kier alpha value is -2.98. The van der Waals surface area contributed by atoms with Crippen molar-refractivity contribution in [2.45, 2.75) is 45.0 Å². The second-order valence-corrected chi connectivity index (χ2v) is 8.84. The van der Waals surface area contributed by atoms with Crippen LogP contribution in [-0.4, -0.2) is 67.1 Å². The summed E-state index contributed by atoms with van der Waals surface area (Å²) in [5.74, 6) is 0.353. The van der Waals surface area contributed by atoms with Crippen molar-refractivity contribution < 1.29 is 33.7 Å². The number of carbonyl (C=O) groups is 2. The third kappa shape index (κ3) is 6.18. The SMILES string of the molecule is COCON1C(=O)[C@H]([C@H](O)c2ccc(OC)cc2)N(Cc2ccc(OC)cc2)[C@@H](CC(C)C)C1=O. The molecule has 2 aromatic carbocycles. The molecule has 1 aliphatic heterocycles. The summed E-state index contributed by atoms with van der Waals surface area (Å²) in [5.41, 5.74) is 1.39. The summed E-state index contributed by atoms with van der Waals surface area (Å²) in [4.78, 5) is 34.2. The van der Waals surface area contributed by atoms with Crippen LogP contribution < -0.4 is 9.47 Å². The van der Waals surface area contributed by atoms with E-state index in [1.54, 1.807) is 43.4 Å². The van der Waals surface area contributed by atoms with E-state index in [1.807, 2.05) is 38.1 Å². The number of ether oxygens (including phenoxy) is 3. The van der Waals surface area contributed by atoms with Crippen LogP contribution in [0.2, 0.25) is 0 Å². The molecule has 0 unspecified atom stereocenters. The number of nitrogens with zero attached hydrogens (tertiary/aromatic N) is 2. The molecule has 35 heavy (non-hydrogen) atoms. The number of aliphatic hydroxyl groups is 1. The highest BCUT2D eigenvalue weighted by atomic mass is 16.8. The lowest BCUT2D eigenvalue weighted by atomic mass is 9.91. The first kappa shape index (κ1) is 26.6. The Bertz CT molecular complexity index is 978. The number of imide groups is 1. The number of carbonyl (C=O) groups excluding carboxylic acids is 2. The molecule has 0 aliphatic carbocycles. The molecule has 190 valence electrons. The number of hydrogen-bond acceptors (Lipinski definition) is 8. The lowest BCUT2D eigenvalue weighted by Crippen LogP contribution is -2.66. The number of amides is 2. The average Bonchev–Trinajstić information content (AvgIpc) is 2.86. The van der Waals surface area contributed by atoms with Crippen molar-refractivity contribution in [3.63, 3.8) is 0 Å². The Balaban J connectivity index is 2.04. The molecule has 1 heterocycles. The van der Waals surface area contributed by atoms with E-state index in [1.165, 1.54) is 7.11 Å². The Morgan fingerprint density at radius 1 is 0.886 bits per heavy atom. The molecule has 1 fully saturated rings. The molecule has 3 rings (SSSR count). The average molecular weight is 487 g/mol. The fourth-order valence-corrected chi connectivity index (χ4v) is 4.21. The van der Waals surface area contributed by atoms with Crippen molar-refractivity contribution in [1.29, 1.82) is 0 Å². The monoisotopic (exact) mass is 486 g/mol. The molecule has 0 bridgehead atoms. The fraction of sp³-hybridized carbons (Fsp3) is 0.462. The van der Waals surface area contributed by atoms with Crippen LogP contribution >= 0.6 is 0 Å². The van der Waals surface area contributed by atoms with Crippen molar-refractivity contribution in [3.05, 3.63) is 59.7 Å². The van der Waals surface area contributed by atoms with Gasteiger partial charge in [0.25, 0.3) is 11.8 Å². The summed E-state index contributed by atoms with van der Waals surface area (Å²) in [7, 11) is 4.55. The molecule has 9 nitrogen and oxygen atoms in total. The number of hydroxylamine groups is 2. The number of piperazine rings is 1. The van der Waals surface area contributed by atoms with E-state index in [4.69, 9.17) is 19.0 Å². The smallest absolute Gasteiger partial charge is 0.274 e. The number of hydrogen-bond donors (Lipinski definition) is 1. The van der Waals surface area contributed by atoms with Gasteiger partial charge in [-0.15, -0.1) is 5.06 Å². The van der Waals surface area contributed by atoms with Crippen LogP contribution in [0.15, 0.2) is 48.5 Å². The van der Waals surface area contributed by atoms with E-state index in [0.717, 1.165) is 10.6 Å². The largest absolute Gasteiger partial charge is 0.497 e. The van der Waals surface area contributed by atoms with Gasteiger partial charge in [-0.25, -0.2) is 4.84 Å². The normalized spacial score (nSPS) is 19.8. The molecule has 1 saturated heterocycles. The zero-order chi connectivity index (χ0) is 25.5. The van der Waals surface area contributed by atoms with Gasteiger partial charge in [-0.05, 0) is 47.7 Å². The van der Waals surface area contributed by atoms with Crippen LogP contribution in [0, 0.1) is 5.92 Å². The van der Waals surface area contributed by atoms with Crippen LogP contribution in [-0.2, 0) is 25.7 Å². The molecule has 2 aromatic rings. The summed E-state index contributed by atoms with van der Waals surface area (Å²) >= 11 is 0. The summed E-state index contributed by atoms with van der Waals surface area (Å²) in [6.45, 7) is 4.01. The minimum atomic E-state index is -1.22. The second-order valence-electron chi connectivity index (χ2n) is 8.84. The van der Waals surface area contributed by atoms with Crippen LogP contribution in [0.25, 0.3) is 0 Å². The second kappa shape index (κ2) is 12.1. The summed E-state index contributed by atoms with van der Waals surface area (Å²) in [6.07, 6.45) is -0.746. The Morgan fingerprint density at radius 2 is 1.46 bits per heavy atom. The van der Waals surface area contributed by atoms with E-state index in [9.17, 15) is 14.7 Å². The van der Waals surface area contributed by atoms with Gasteiger partial charge in [0.05, 0.1) is 20.3 Å². The third-order valence-electron chi connectivity index (χ3n) is 5.97. The minimum Gasteiger partial charge on any atom is -0.497 e. The quantitative estimate of drug-likeness (QED) is 0.383. The molecule has 9 heteroatoms. The number of methoxy groups -OCH3 is 3. The topological polar surface area (TPSA) is 97.8 Å². The molecule has 0 saturated carbocycles. The maximum atomic E-state index is 13.6.